The molecule has 0 unspecified atom stereocenters. The second-order valence-electron chi connectivity index (χ2n) is 6.13. The van der Waals surface area contributed by atoms with Crippen molar-refractivity contribution >= 4 is 39.7 Å². The standard InChI is InChI=1S/C20H21N5O4S/c1-29-16-9-7-15(8-10-16)23-20-25-24-19(30-20)13-3-5-14(6-4-13)22-18(28)17(27)21-11-2-12-26/h3-10,26H,2,11-12H2,1H3,(H,21,27)(H,22,28)(H,23,25). The van der Waals surface area contributed by atoms with Gasteiger partial charge in [-0.1, -0.05) is 11.3 Å². The van der Waals surface area contributed by atoms with E-state index in [1.165, 1.54) is 11.3 Å². The third kappa shape index (κ3) is 5.75. The molecular formula is C20H21N5O4S. The molecule has 2 aromatic carbocycles. The number of carbonyl (C=O) groups is 2. The van der Waals surface area contributed by atoms with E-state index in [2.05, 4.69) is 26.1 Å². The number of hydrogen-bond acceptors (Lipinski definition) is 8. The van der Waals surface area contributed by atoms with Crippen molar-refractivity contribution in [2.45, 2.75) is 6.42 Å². The number of aromatic nitrogens is 2. The largest absolute Gasteiger partial charge is 0.497 e. The lowest BCUT2D eigenvalue weighted by Crippen LogP contribution is -2.36. The first kappa shape index (κ1) is 21.2. The Kier molecular flexibility index (Phi) is 7.30. The Hall–Kier alpha value is -3.50. The average Bonchev–Trinajstić information content (AvgIpc) is 3.23. The van der Waals surface area contributed by atoms with E-state index in [0.29, 0.717) is 22.2 Å². The Morgan fingerprint density at radius 1 is 1.00 bits per heavy atom. The number of anilines is 3. The van der Waals surface area contributed by atoms with Crippen molar-refractivity contribution < 1.29 is 19.4 Å². The molecule has 9 nitrogen and oxygen atoms in total. The molecule has 0 spiro atoms. The van der Waals surface area contributed by atoms with E-state index in [-0.39, 0.29) is 13.2 Å². The SMILES string of the molecule is COc1ccc(Nc2nnc(-c3ccc(NC(=O)C(=O)NCCCO)cc3)s2)cc1. The zero-order valence-corrected chi connectivity index (χ0v) is 17.0. The minimum Gasteiger partial charge on any atom is -0.497 e. The van der Waals surface area contributed by atoms with Gasteiger partial charge in [0.25, 0.3) is 0 Å². The molecule has 4 N–H and O–H groups in total. The molecule has 1 heterocycles. The molecule has 0 saturated heterocycles. The fraction of sp³-hybridized carbons (Fsp3) is 0.200. The monoisotopic (exact) mass is 427 g/mol. The molecule has 0 aliphatic rings. The van der Waals surface area contributed by atoms with Crippen LogP contribution in [0.1, 0.15) is 6.42 Å². The van der Waals surface area contributed by atoms with Crippen LogP contribution >= 0.6 is 11.3 Å². The number of aliphatic hydroxyl groups excluding tert-OH is 1. The van der Waals surface area contributed by atoms with Gasteiger partial charge in [0, 0.05) is 30.1 Å². The van der Waals surface area contributed by atoms with Gasteiger partial charge < -0.3 is 25.8 Å². The maximum Gasteiger partial charge on any atom is 0.313 e. The van der Waals surface area contributed by atoms with Crippen molar-refractivity contribution in [2.24, 2.45) is 0 Å². The number of hydrogen-bond donors (Lipinski definition) is 4. The number of carbonyl (C=O) groups excluding carboxylic acids is 2. The van der Waals surface area contributed by atoms with Gasteiger partial charge in [-0.05, 0) is 55.0 Å². The van der Waals surface area contributed by atoms with E-state index in [9.17, 15) is 9.59 Å². The second-order valence-corrected chi connectivity index (χ2v) is 7.11. The van der Waals surface area contributed by atoms with Crippen LogP contribution in [0.3, 0.4) is 0 Å². The molecule has 0 aliphatic heterocycles. The highest BCUT2D eigenvalue weighted by molar-refractivity contribution is 7.18. The summed E-state index contributed by atoms with van der Waals surface area (Å²) in [5, 5.41) is 26.5. The van der Waals surface area contributed by atoms with Crippen molar-refractivity contribution in [3.8, 4) is 16.3 Å². The normalized spacial score (nSPS) is 10.3. The van der Waals surface area contributed by atoms with Gasteiger partial charge in [-0.2, -0.15) is 0 Å². The van der Waals surface area contributed by atoms with Crippen molar-refractivity contribution in [1.82, 2.24) is 15.5 Å². The summed E-state index contributed by atoms with van der Waals surface area (Å²) in [5.41, 5.74) is 2.19. The van der Waals surface area contributed by atoms with Crippen LogP contribution in [0.2, 0.25) is 0 Å². The summed E-state index contributed by atoms with van der Waals surface area (Å²) in [6.07, 6.45) is 0.394. The Balaban J connectivity index is 1.58. The van der Waals surface area contributed by atoms with Crippen molar-refractivity contribution in [2.75, 3.05) is 30.9 Å². The van der Waals surface area contributed by atoms with E-state index in [4.69, 9.17) is 9.84 Å². The molecule has 0 atom stereocenters. The Labute approximate surface area is 177 Å². The molecule has 0 fully saturated rings. The second kappa shape index (κ2) is 10.3. The van der Waals surface area contributed by atoms with Crippen LogP contribution in [0.4, 0.5) is 16.5 Å². The predicted octanol–water partition coefficient (Wildman–Crippen LogP) is 2.39. The lowest BCUT2D eigenvalue weighted by atomic mass is 10.2. The first-order chi connectivity index (χ1) is 14.6. The zero-order valence-electron chi connectivity index (χ0n) is 16.2. The predicted molar refractivity (Wildman–Crippen MR) is 115 cm³/mol. The van der Waals surface area contributed by atoms with Crippen molar-refractivity contribution in [3.63, 3.8) is 0 Å². The van der Waals surface area contributed by atoms with Crippen molar-refractivity contribution in [1.29, 1.82) is 0 Å². The highest BCUT2D eigenvalue weighted by Gasteiger charge is 2.13. The maximum atomic E-state index is 11.9. The van der Waals surface area contributed by atoms with Crippen molar-refractivity contribution in [3.05, 3.63) is 48.5 Å². The molecule has 2 amide bonds. The maximum absolute atomic E-state index is 11.9. The molecule has 0 radical (unpaired) electrons. The van der Waals surface area contributed by atoms with Crippen LogP contribution in [0.5, 0.6) is 5.75 Å². The van der Waals surface area contributed by atoms with Crippen LogP contribution in [0.25, 0.3) is 10.6 Å². The van der Waals surface area contributed by atoms with E-state index in [1.807, 2.05) is 24.3 Å². The fourth-order valence-electron chi connectivity index (χ4n) is 2.43. The number of ether oxygens (including phenoxy) is 1. The zero-order chi connectivity index (χ0) is 21.3. The summed E-state index contributed by atoms with van der Waals surface area (Å²) < 4.78 is 5.14. The van der Waals surface area contributed by atoms with Crippen LogP contribution in [0.15, 0.2) is 48.5 Å². The Morgan fingerprint density at radius 3 is 2.37 bits per heavy atom. The van der Waals surface area contributed by atoms with Crippen LogP contribution in [-0.2, 0) is 9.59 Å². The minimum atomic E-state index is -0.761. The van der Waals surface area contributed by atoms with Gasteiger partial charge in [-0.25, -0.2) is 0 Å². The smallest absolute Gasteiger partial charge is 0.313 e. The topological polar surface area (TPSA) is 125 Å². The van der Waals surface area contributed by atoms with E-state index >= 15 is 0 Å². The first-order valence-corrected chi connectivity index (χ1v) is 9.96. The fourth-order valence-corrected chi connectivity index (χ4v) is 3.20. The third-order valence-corrected chi connectivity index (χ3v) is 4.87. The summed E-state index contributed by atoms with van der Waals surface area (Å²) >= 11 is 1.39. The number of methoxy groups -OCH3 is 1. The molecule has 0 saturated carbocycles. The van der Waals surface area contributed by atoms with Crippen LogP contribution in [-0.4, -0.2) is 47.4 Å². The summed E-state index contributed by atoms with van der Waals surface area (Å²) in [6, 6.07) is 14.4. The number of nitrogens with zero attached hydrogens (tertiary/aromatic N) is 2. The first-order valence-electron chi connectivity index (χ1n) is 9.14. The van der Waals surface area contributed by atoms with Gasteiger partial charge in [0.05, 0.1) is 7.11 Å². The molecule has 30 heavy (non-hydrogen) atoms. The van der Waals surface area contributed by atoms with Gasteiger partial charge >= 0.3 is 11.8 Å². The third-order valence-electron chi connectivity index (χ3n) is 3.98. The van der Waals surface area contributed by atoms with Gasteiger partial charge in [0.15, 0.2) is 0 Å². The lowest BCUT2D eigenvalue weighted by molar-refractivity contribution is -0.136. The molecule has 3 rings (SSSR count). The average molecular weight is 427 g/mol. The van der Waals surface area contributed by atoms with E-state index in [0.717, 1.165) is 17.0 Å². The number of nitrogens with one attached hydrogen (secondary N) is 3. The number of aliphatic hydroxyl groups is 1. The number of rotatable bonds is 8. The molecule has 156 valence electrons. The molecular weight excluding hydrogens is 406 g/mol. The highest BCUT2D eigenvalue weighted by Crippen LogP contribution is 2.29. The summed E-state index contributed by atoms with van der Waals surface area (Å²) in [7, 11) is 1.62. The Morgan fingerprint density at radius 2 is 1.70 bits per heavy atom. The van der Waals surface area contributed by atoms with Crippen LogP contribution in [0, 0.1) is 0 Å². The van der Waals surface area contributed by atoms with Gasteiger partial charge in [0.2, 0.25) is 5.13 Å². The van der Waals surface area contributed by atoms with Gasteiger partial charge in [-0.15, -0.1) is 10.2 Å². The summed E-state index contributed by atoms with van der Waals surface area (Å²) in [5.74, 6) is -0.734. The van der Waals surface area contributed by atoms with E-state index in [1.54, 1.807) is 31.4 Å². The summed E-state index contributed by atoms with van der Waals surface area (Å²) in [4.78, 5) is 23.5. The quantitative estimate of drug-likeness (QED) is 0.321. The summed E-state index contributed by atoms with van der Waals surface area (Å²) in [6.45, 7) is 0.192. The molecule has 0 bridgehead atoms. The molecule has 0 aliphatic carbocycles. The molecule has 10 heteroatoms. The van der Waals surface area contributed by atoms with Crippen LogP contribution < -0.4 is 20.7 Å². The number of benzene rings is 2. The van der Waals surface area contributed by atoms with Gasteiger partial charge in [0.1, 0.15) is 10.8 Å². The molecule has 1 aromatic heterocycles. The number of amides is 2. The highest BCUT2D eigenvalue weighted by atomic mass is 32.1. The molecule has 3 aromatic rings. The van der Waals surface area contributed by atoms with E-state index < -0.39 is 11.8 Å². The minimum absolute atomic E-state index is 0.0493. The Bertz CT molecular complexity index is 989. The lowest BCUT2D eigenvalue weighted by Gasteiger charge is -2.06. The van der Waals surface area contributed by atoms with Gasteiger partial charge in [-0.3, -0.25) is 9.59 Å².